The highest BCUT2D eigenvalue weighted by Gasteiger charge is 2.42. The van der Waals surface area contributed by atoms with Gasteiger partial charge in [-0.25, -0.2) is 0 Å². The molecule has 0 unspecified atom stereocenters. The first-order valence-corrected chi connectivity index (χ1v) is 12.0. The van der Waals surface area contributed by atoms with Crippen LogP contribution >= 0.6 is 35.4 Å². The third kappa shape index (κ3) is 4.89. The number of halogens is 2. The van der Waals surface area contributed by atoms with E-state index >= 15 is 0 Å². The molecule has 1 fully saturated rings. The third-order valence-electron chi connectivity index (χ3n) is 5.70. The van der Waals surface area contributed by atoms with E-state index in [0.29, 0.717) is 37.9 Å². The van der Waals surface area contributed by atoms with Crippen LogP contribution in [0.1, 0.15) is 23.5 Å². The van der Waals surface area contributed by atoms with Crippen molar-refractivity contribution in [1.29, 1.82) is 0 Å². The van der Waals surface area contributed by atoms with Gasteiger partial charge >= 0.3 is 0 Å². The summed E-state index contributed by atoms with van der Waals surface area (Å²) in [5.41, 5.74) is 2.18. The van der Waals surface area contributed by atoms with E-state index in [0.717, 1.165) is 5.69 Å². The van der Waals surface area contributed by atoms with E-state index in [2.05, 4.69) is 15.6 Å². The molecule has 2 N–H and O–H groups in total. The molecule has 0 saturated carbocycles. The van der Waals surface area contributed by atoms with E-state index in [-0.39, 0.29) is 18.5 Å². The molecule has 0 aliphatic carbocycles. The highest BCUT2D eigenvalue weighted by atomic mass is 35.5. The normalized spacial score (nSPS) is 17.3. The lowest BCUT2D eigenvalue weighted by Gasteiger charge is -2.25. The molecule has 1 aliphatic rings. The maximum atomic E-state index is 12.9. The number of pyridine rings is 1. The van der Waals surface area contributed by atoms with Crippen molar-refractivity contribution >= 4 is 52.1 Å². The summed E-state index contributed by atoms with van der Waals surface area (Å²) in [4.78, 5) is 19.3. The lowest BCUT2D eigenvalue weighted by Crippen LogP contribution is -2.36. The molecule has 0 spiro atoms. The number of hydrogen-bond acceptors (Lipinski definition) is 4. The first kappa shape index (κ1) is 23.4. The Hall–Kier alpha value is -3.39. The predicted octanol–water partition coefficient (Wildman–Crippen LogP) is 6.26. The van der Waals surface area contributed by atoms with Gasteiger partial charge in [-0.3, -0.25) is 9.78 Å². The fourth-order valence-corrected chi connectivity index (χ4v) is 4.81. The molecule has 1 amide bonds. The zero-order chi connectivity index (χ0) is 24.4. The number of benzene rings is 2. The molecule has 6 nitrogen and oxygen atoms in total. The van der Waals surface area contributed by atoms with Gasteiger partial charge in [-0.15, -0.1) is 0 Å². The molecule has 3 heterocycles. The molecule has 176 valence electrons. The highest BCUT2D eigenvalue weighted by Crippen LogP contribution is 2.41. The summed E-state index contributed by atoms with van der Waals surface area (Å²) in [5, 5.41) is 7.52. The zero-order valence-corrected chi connectivity index (χ0v) is 20.6. The number of thiocarbonyl (C=S) groups is 1. The Morgan fingerprint density at radius 1 is 1.03 bits per heavy atom. The van der Waals surface area contributed by atoms with Crippen molar-refractivity contribution in [2.24, 2.45) is 0 Å². The third-order valence-corrected chi connectivity index (χ3v) is 6.88. The second-order valence-electron chi connectivity index (χ2n) is 7.97. The monoisotopic (exact) mass is 522 g/mol. The van der Waals surface area contributed by atoms with Crippen molar-refractivity contribution in [1.82, 2.24) is 15.2 Å². The predicted molar refractivity (Wildman–Crippen MR) is 141 cm³/mol. The fraction of sp³-hybridized carbons (Fsp3) is 0.115. The van der Waals surface area contributed by atoms with Gasteiger partial charge in [0.25, 0.3) is 0 Å². The fourth-order valence-electron chi connectivity index (χ4n) is 4.11. The lowest BCUT2D eigenvalue weighted by atomic mass is 10.0. The molecule has 0 bridgehead atoms. The Morgan fingerprint density at radius 2 is 1.83 bits per heavy atom. The first-order valence-electron chi connectivity index (χ1n) is 10.9. The van der Waals surface area contributed by atoms with Gasteiger partial charge in [-0.2, -0.15) is 0 Å². The smallest absolute Gasteiger partial charge is 0.244 e. The molecular weight excluding hydrogens is 503 g/mol. The molecule has 2 aromatic carbocycles. The van der Waals surface area contributed by atoms with Crippen LogP contribution in [0.2, 0.25) is 10.0 Å². The Morgan fingerprint density at radius 3 is 2.60 bits per heavy atom. The average molecular weight is 523 g/mol. The zero-order valence-electron chi connectivity index (χ0n) is 18.3. The second-order valence-corrected chi connectivity index (χ2v) is 9.14. The van der Waals surface area contributed by atoms with Gasteiger partial charge in [-0.05, 0) is 60.7 Å². The number of hydrogen-bond donors (Lipinski definition) is 2. The molecule has 5 rings (SSSR count). The lowest BCUT2D eigenvalue weighted by molar-refractivity contribution is -0.116. The van der Waals surface area contributed by atoms with Crippen LogP contribution in [0, 0.1) is 0 Å². The number of amides is 1. The molecular formula is C26H20Cl2N4O2S. The number of rotatable bonds is 6. The van der Waals surface area contributed by atoms with E-state index < -0.39 is 6.04 Å². The summed E-state index contributed by atoms with van der Waals surface area (Å²) in [6.45, 7) is 0.0304. The van der Waals surface area contributed by atoms with E-state index in [9.17, 15) is 4.79 Å². The number of nitrogens with zero attached hydrogens (tertiary/aromatic N) is 2. The number of carbonyl (C=O) groups excluding carboxylic acids is 1. The topological polar surface area (TPSA) is 70.4 Å². The van der Waals surface area contributed by atoms with Gasteiger partial charge in [0.05, 0.1) is 21.8 Å². The van der Waals surface area contributed by atoms with Crippen LogP contribution in [-0.2, 0) is 4.79 Å². The van der Waals surface area contributed by atoms with E-state index in [1.165, 1.54) is 0 Å². The van der Waals surface area contributed by atoms with Gasteiger partial charge in [0.2, 0.25) is 5.91 Å². The number of carbonyl (C=O) groups is 1. The number of furan rings is 1. The molecule has 35 heavy (non-hydrogen) atoms. The summed E-state index contributed by atoms with van der Waals surface area (Å²) in [6.07, 6.45) is 1.72. The van der Waals surface area contributed by atoms with Gasteiger partial charge < -0.3 is 20.0 Å². The Balaban J connectivity index is 1.48. The van der Waals surface area contributed by atoms with Crippen LogP contribution in [0.5, 0.6) is 0 Å². The number of aromatic nitrogens is 1. The standard InChI is InChI=1S/C26H20Cl2N4O2S/c27-18-10-6-9-17(23(18)28)20-12-13-21(34-20)25-24(19-11-4-5-14-29-19)31-26(35)32(25)15-22(33)30-16-7-2-1-3-8-16/h1-14,24-25H,15H2,(H,30,33)(H,31,35)/t24-,25-/m1/s1. The largest absolute Gasteiger partial charge is 0.459 e. The van der Waals surface area contributed by atoms with Crippen LogP contribution in [0.4, 0.5) is 5.69 Å². The minimum absolute atomic E-state index is 0.0304. The summed E-state index contributed by atoms with van der Waals surface area (Å²) in [5.74, 6) is 0.988. The number of para-hydroxylation sites is 1. The van der Waals surface area contributed by atoms with Crippen LogP contribution in [0.15, 0.2) is 89.5 Å². The second kappa shape index (κ2) is 10.1. The Bertz CT molecular complexity index is 1360. The van der Waals surface area contributed by atoms with Gasteiger partial charge in [0.1, 0.15) is 24.1 Å². The molecule has 1 aliphatic heterocycles. The maximum Gasteiger partial charge on any atom is 0.244 e. The van der Waals surface area contributed by atoms with Crippen molar-refractivity contribution < 1.29 is 9.21 Å². The van der Waals surface area contributed by atoms with Crippen molar-refractivity contribution in [2.45, 2.75) is 12.1 Å². The van der Waals surface area contributed by atoms with Crippen molar-refractivity contribution in [3.63, 3.8) is 0 Å². The maximum absolute atomic E-state index is 12.9. The van der Waals surface area contributed by atoms with Crippen LogP contribution in [0.3, 0.4) is 0 Å². The minimum atomic E-state index is -0.411. The van der Waals surface area contributed by atoms with Crippen LogP contribution in [-0.4, -0.2) is 27.4 Å². The molecule has 1 saturated heterocycles. The van der Waals surface area contributed by atoms with Gasteiger partial charge in [0, 0.05) is 17.4 Å². The average Bonchev–Trinajstić information content (AvgIpc) is 3.47. The molecule has 4 aromatic rings. The summed E-state index contributed by atoms with van der Waals surface area (Å²) < 4.78 is 6.28. The Kier molecular flexibility index (Phi) is 6.72. The van der Waals surface area contributed by atoms with Crippen LogP contribution < -0.4 is 10.6 Å². The van der Waals surface area contributed by atoms with Gasteiger partial charge in [0.15, 0.2) is 5.11 Å². The SMILES string of the molecule is O=C(CN1C(=S)N[C@H](c2ccccn2)[C@H]1c1ccc(-c2cccc(Cl)c2Cl)o1)Nc1ccccc1. The number of nitrogens with one attached hydrogen (secondary N) is 2. The highest BCUT2D eigenvalue weighted by molar-refractivity contribution is 7.80. The molecule has 9 heteroatoms. The van der Waals surface area contributed by atoms with E-state index in [1.54, 1.807) is 12.3 Å². The van der Waals surface area contributed by atoms with Crippen molar-refractivity contribution in [3.05, 3.63) is 107 Å². The minimum Gasteiger partial charge on any atom is -0.459 e. The van der Waals surface area contributed by atoms with Gasteiger partial charge in [-0.1, -0.05) is 53.5 Å². The Labute approximate surface area is 217 Å². The van der Waals surface area contributed by atoms with Crippen molar-refractivity contribution in [2.75, 3.05) is 11.9 Å². The van der Waals surface area contributed by atoms with Crippen molar-refractivity contribution in [3.8, 4) is 11.3 Å². The van der Waals surface area contributed by atoms with Crippen LogP contribution in [0.25, 0.3) is 11.3 Å². The molecule has 0 radical (unpaired) electrons. The number of anilines is 1. The summed E-state index contributed by atoms with van der Waals surface area (Å²) in [6, 6.07) is 23.3. The van der Waals surface area contributed by atoms with E-state index in [1.807, 2.05) is 77.7 Å². The molecule has 2 aromatic heterocycles. The van der Waals surface area contributed by atoms with E-state index in [4.69, 9.17) is 39.8 Å². The summed E-state index contributed by atoms with van der Waals surface area (Å²) in [7, 11) is 0. The quantitative estimate of drug-likeness (QED) is 0.291. The first-order chi connectivity index (χ1) is 17.0. The summed E-state index contributed by atoms with van der Waals surface area (Å²) >= 11 is 18.3. The molecule has 2 atom stereocenters.